The minimum absolute atomic E-state index is 0.00220. The summed E-state index contributed by atoms with van der Waals surface area (Å²) in [5.41, 5.74) is 0.875. The molecule has 2 N–H and O–H groups in total. The highest BCUT2D eigenvalue weighted by Crippen LogP contribution is 2.28. The van der Waals surface area contributed by atoms with Crippen molar-refractivity contribution in [1.82, 2.24) is 5.32 Å². The Morgan fingerprint density at radius 2 is 2.00 bits per heavy atom. The van der Waals surface area contributed by atoms with Gasteiger partial charge in [0.05, 0.1) is 0 Å². The van der Waals surface area contributed by atoms with E-state index < -0.39 is 12.0 Å². The lowest BCUT2D eigenvalue weighted by Gasteiger charge is -2.25. The lowest BCUT2D eigenvalue weighted by atomic mass is 9.99. The molecule has 0 heterocycles. The first kappa shape index (κ1) is 16.3. The second-order valence-corrected chi connectivity index (χ2v) is 5.70. The average Bonchev–Trinajstić information content (AvgIpc) is 2.31. The van der Waals surface area contributed by atoms with Crippen LogP contribution in [0.2, 0.25) is 10.0 Å². The van der Waals surface area contributed by atoms with Crippen LogP contribution in [-0.2, 0) is 4.79 Å². The topological polar surface area (TPSA) is 49.3 Å². The number of aliphatic carboxylic acids is 1. The smallest absolute Gasteiger partial charge is 0.320 e. The van der Waals surface area contributed by atoms with Crippen molar-refractivity contribution >= 4 is 29.2 Å². The molecule has 0 saturated carbocycles. The molecule has 0 aliphatic rings. The van der Waals surface area contributed by atoms with E-state index in [9.17, 15) is 9.90 Å². The van der Waals surface area contributed by atoms with Crippen LogP contribution in [0.4, 0.5) is 0 Å². The van der Waals surface area contributed by atoms with E-state index in [1.807, 2.05) is 26.8 Å². The Hall–Kier alpha value is -0.770. The number of carboxylic acids is 1. The summed E-state index contributed by atoms with van der Waals surface area (Å²) in [4.78, 5) is 11.2. The van der Waals surface area contributed by atoms with Crippen LogP contribution in [0.3, 0.4) is 0 Å². The maximum Gasteiger partial charge on any atom is 0.320 e. The van der Waals surface area contributed by atoms with Crippen LogP contribution < -0.4 is 5.32 Å². The molecule has 5 heteroatoms. The van der Waals surface area contributed by atoms with Crippen molar-refractivity contribution in [2.45, 2.75) is 39.3 Å². The Morgan fingerprint density at radius 1 is 1.37 bits per heavy atom. The zero-order chi connectivity index (χ0) is 14.6. The highest BCUT2D eigenvalue weighted by Gasteiger charge is 2.25. The Labute approximate surface area is 123 Å². The number of benzene rings is 1. The van der Waals surface area contributed by atoms with Gasteiger partial charge in [0, 0.05) is 16.1 Å². The highest BCUT2D eigenvalue weighted by molar-refractivity contribution is 6.35. The lowest BCUT2D eigenvalue weighted by Crippen LogP contribution is -2.42. The van der Waals surface area contributed by atoms with Gasteiger partial charge in [0.2, 0.25) is 0 Å². The first-order valence-corrected chi connectivity index (χ1v) is 7.06. The average molecular weight is 304 g/mol. The minimum Gasteiger partial charge on any atom is -0.480 e. The first-order chi connectivity index (χ1) is 8.86. The van der Waals surface area contributed by atoms with Crippen molar-refractivity contribution in [2.24, 2.45) is 5.92 Å². The summed E-state index contributed by atoms with van der Waals surface area (Å²) in [6.07, 6.45) is 0.748. The van der Waals surface area contributed by atoms with Gasteiger partial charge in [-0.15, -0.1) is 0 Å². The molecule has 0 radical (unpaired) electrons. The molecule has 0 saturated heterocycles. The van der Waals surface area contributed by atoms with Gasteiger partial charge in [-0.25, -0.2) is 0 Å². The lowest BCUT2D eigenvalue weighted by molar-refractivity contribution is -0.140. The fourth-order valence-electron chi connectivity index (χ4n) is 1.98. The summed E-state index contributed by atoms with van der Waals surface area (Å²) in [5, 5.41) is 13.5. The second kappa shape index (κ2) is 7.13. The maximum atomic E-state index is 11.2. The third-order valence-corrected chi connectivity index (χ3v) is 3.62. The Bertz CT molecular complexity index is 449. The molecule has 106 valence electrons. The van der Waals surface area contributed by atoms with E-state index in [1.165, 1.54) is 0 Å². The Kier molecular flexibility index (Phi) is 6.11. The number of carboxylic acid groups (broad SMARTS) is 1. The summed E-state index contributed by atoms with van der Waals surface area (Å²) in [6, 6.07) is 4.57. The van der Waals surface area contributed by atoms with Gasteiger partial charge in [-0.05, 0) is 30.0 Å². The summed E-state index contributed by atoms with van der Waals surface area (Å²) >= 11 is 12.0. The number of hydrogen-bond acceptors (Lipinski definition) is 2. The van der Waals surface area contributed by atoms with E-state index in [-0.39, 0.29) is 12.0 Å². The number of halogens is 2. The predicted molar refractivity (Wildman–Crippen MR) is 78.9 cm³/mol. The molecule has 2 atom stereocenters. The van der Waals surface area contributed by atoms with Crippen molar-refractivity contribution in [3.63, 3.8) is 0 Å². The fraction of sp³-hybridized carbons (Fsp3) is 0.500. The predicted octanol–water partition coefficient (Wildman–Crippen LogP) is 4.14. The fourth-order valence-corrected chi connectivity index (χ4v) is 2.52. The van der Waals surface area contributed by atoms with E-state index >= 15 is 0 Å². The number of rotatable bonds is 6. The summed E-state index contributed by atoms with van der Waals surface area (Å²) in [5.74, 6) is -0.851. The minimum atomic E-state index is -0.849. The van der Waals surface area contributed by atoms with Gasteiger partial charge in [0.1, 0.15) is 6.04 Å². The third kappa shape index (κ3) is 4.37. The van der Waals surface area contributed by atoms with E-state index in [2.05, 4.69) is 5.32 Å². The van der Waals surface area contributed by atoms with Crippen molar-refractivity contribution in [2.75, 3.05) is 0 Å². The zero-order valence-electron chi connectivity index (χ0n) is 11.3. The van der Waals surface area contributed by atoms with Crippen LogP contribution in [0.5, 0.6) is 0 Å². The SMILES string of the molecule is CCC(NC(C(=O)O)C(C)C)c1ccc(Cl)cc1Cl. The molecule has 0 aliphatic carbocycles. The van der Waals surface area contributed by atoms with Crippen molar-refractivity contribution < 1.29 is 9.90 Å². The highest BCUT2D eigenvalue weighted by atomic mass is 35.5. The van der Waals surface area contributed by atoms with Gasteiger partial charge in [0.15, 0.2) is 0 Å². The molecule has 1 aromatic rings. The van der Waals surface area contributed by atoms with Gasteiger partial charge in [-0.1, -0.05) is 50.0 Å². The number of carbonyl (C=O) groups is 1. The summed E-state index contributed by atoms with van der Waals surface area (Å²) in [6.45, 7) is 5.74. The largest absolute Gasteiger partial charge is 0.480 e. The molecule has 0 aliphatic heterocycles. The standard InChI is InChI=1S/C14H19Cl2NO2/c1-4-12(17-13(8(2)3)14(18)19)10-6-5-9(15)7-11(10)16/h5-8,12-13,17H,4H2,1-3H3,(H,18,19). The van der Waals surface area contributed by atoms with Gasteiger partial charge in [0.25, 0.3) is 0 Å². The van der Waals surface area contributed by atoms with Crippen LogP contribution in [0, 0.1) is 5.92 Å². The van der Waals surface area contributed by atoms with E-state index in [0.29, 0.717) is 10.0 Å². The normalized spacial score (nSPS) is 14.4. The van der Waals surface area contributed by atoms with Crippen LogP contribution in [0.25, 0.3) is 0 Å². The second-order valence-electron chi connectivity index (χ2n) is 4.85. The van der Waals surface area contributed by atoms with Crippen LogP contribution in [-0.4, -0.2) is 17.1 Å². The van der Waals surface area contributed by atoms with E-state index in [4.69, 9.17) is 23.2 Å². The van der Waals surface area contributed by atoms with Crippen molar-refractivity contribution in [1.29, 1.82) is 0 Å². The quantitative estimate of drug-likeness (QED) is 0.830. The molecule has 19 heavy (non-hydrogen) atoms. The molecule has 1 rings (SSSR count). The monoisotopic (exact) mass is 303 g/mol. The Balaban J connectivity index is 2.97. The molecule has 0 fully saturated rings. The van der Waals surface area contributed by atoms with Gasteiger partial charge in [-0.2, -0.15) is 0 Å². The van der Waals surface area contributed by atoms with Gasteiger partial charge in [-0.3, -0.25) is 10.1 Å². The first-order valence-electron chi connectivity index (χ1n) is 6.30. The maximum absolute atomic E-state index is 11.2. The molecule has 1 aromatic carbocycles. The third-order valence-electron chi connectivity index (χ3n) is 3.06. The van der Waals surface area contributed by atoms with E-state index in [1.54, 1.807) is 12.1 Å². The molecule has 3 nitrogen and oxygen atoms in total. The van der Waals surface area contributed by atoms with Crippen molar-refractivity contribution in [3.05, 3.63) is 33.8 Å². The van der Waals surface area contributed by atoms with Crippen molar-refractivity contribution in [3.8, 4) is 0 Å². The molecule has 0 aromatic heterocycles. The molecular formula is C14H19Cl2NO2. The molecular weight excluding hydrogens is 285 g/mol. The number of hydrogen-bond donors (Lipinski definition) is 2. The summed E-state index contributed by atoms with van der Waals surface area (Å²) < 4.78 is 0. The molecule has 2 unspecified atom stereocenters. The zero-order valence-corrected chi connectivity index (χ0v) is 12.8. The van der Waals surface area contributed by atoms with Crippen LogP contribution in [0.1, 0.15) is 38.8 Å². The Morgan fingerprint density at radius 3 is 2.42 bits per heavy atom. The molecule has 0 bridgehead atoms. The molecule has 0 spiro atoms. The van der Waals surface area contributed by atoms with Crippen LogP contribution in [0.15, 0.2) is 18.2 Å². The van der Waals surface area contributed by atoms with Gasteiger partial charge >= 0.3 is 5.97 Å². The van der Waals surface area contributed by atoms with E-state index in [0.717, 1.165) is 12.0 Å². The van der Waals surface area contributed by atoms with Crippen LogP contribution >= 0.6 is 23.2 Å². The van der Waals surface area contributed by atoms with Gasteiger partial charge < -0.3 is 5.11 Å². The number of nitrogens with one attached hydrogen (secondary N) is 1. The molecule has 0 amide bonds. The summed E-state index contributed by atoms with van der Waals surface area (Å²) in [7, 11) is 0.